The maximum Gasteiger partial charge on any atom is 0.324 e. The molecule has 1 saturated heterocycles. The van der Waals surface area contributed by atoms with Crippen molar-refractivity contribution in [1.82, 2.24) is 15.1 Å². The molecule has 1 aliphatic heterocycles. The van der Waals surface area contributed by atoms with E-state index in [0.717, 1.165) is 32.7 Å². The summed E-state index contributed by atoms with van der Waals surface area (Å²) in [6.07, 6.45) is 0. The first-order valence-corrected chi connectivity index (χ1v) is 7.71. The van der Waals surface area contributed by atoms with Crippen LogP contribution < -0.4 is 5.32 Å². The third-order valence-corrected chi connectivity index (χ3v) is 3.55. The van der Waals surface area contributed by atoms with Gasteiger partial charge in [-0.2, -0.15) is 0 Å². The molecule has 1 heterocycles. The molecule has 0 aromatic carbocycles. The van der Waals surface area contributed by atoms with Crippen LogP contribution in [0.5, 0.6) is 0 Å². The predicted octanol–water partition coefficient (Wildman–Crippen LogP) is 0.800. The Bertz CT molecular complexity index is 287. The Morgan fingerprint density at radius 1 is 1.05 bits per heavy atom. The lowest BCUT2D eigenvalue weighted by Crippen LogP contribution is -2.54. The summed E-state index contributed by atoms with van der Waals surface area (Å²) in [6.45, 7) is 14.8. The summed E-state index contributed by atoms with van der Waals surface area (Å²) in [5.41, 5.74) is 0. The first kappa shape index (κ1) is 17.4. The minimum absolute atomic E-state index is 0.164. The van der Waals surface area contributed by atoms with Crippen LogP contribution in [0.1, 0.15) is 27.7 Å². The summed E-state index contributed by atoms with van der Waals surface area (Å²) >= 11 is 0. The first-order valence-electron chi connectivity index (χ1n) is 7.71. The molecule has 1 N–H and O–H groups in total. The topological polar surface area (TPSA) is 44.8 Å². The smallest absolute Gasteiger partial charge is 0.324 e. The molecule has 0 aromatic rings. The van der Waals surface area contributed by atoms with Gasteiger partial charge in [-0.05, 0) is 5.92 Å². The highest BCUT2D eigenvalue weighted by Gasteiger charge is 2.25. The van der Waals surface area contributed by atoms with Gasteiger partial charge in [0.2, 0.25) is 0 Å². The van der Waals surface area contributed by atoms with Gasteiger partial charge in [0, 0.05) is 45.3 Å². The monoisotopic (exact) mass is 285 g/mol. The van der Waals surface area contributed by atoms with E-state index in [0.29, 0.717) is 5.92 Å². The lowest BCUT2D eigenvalue weighted by Gasteiger charge is -2.37. The molecule has 0 saturated carbocycles. The summed E-state index contributed by atoms with van der Waals surface area (Å²) in [4.78, 5) is 16.7. The van der Waals surface area contributed by atoms with Crippen LogP contribution in [0, 0.1) is 5.92 Å². The summed E-state index contributed by atoms with van der Waals surface area (Å²) in [6, 6.07) is 0.0537. The Morgan fingerprint density at radius 2 is 1.55 bits per heavy atom. The maximum atomic E-state index is 11.8. The van der Waals surface area contributed by atoms with Gasteiger partial charge in [0.15, 0.2) is 0 Å². The second-order valence-electron chi connectivity index (χ2n) is 6.39. The molecule has 1 fully saturated rings. The van der Waals surface area contributed by atoms with E-state index in [4.69, 9.17) is 4.74 Å². The highest BCUT2D eigenvalue weighted by Crippen LogP contribution is 2.06. The predicted molar refractivity (Wildman–Crippen MR) is 81.8 cm³/mol. The Hall–Kier alpha value is -0.650. The van der Waals surface area contributed by atoms with Crippen molar-refractivity contribution in [3.8, 4) is 0 Å². The molecule has 0 amide bonds. The van der Waals surface area contributed by atoms with Gasteiger partial charge in [0.25, 0.3) is 0 Å². The standard InChI is InChI=1S/C15H31N3O2/c1-12(2)10-17-6-8-18(9-7-17)11-14(15(19)20-5)16-13(3)4/h12-14,16H,6-11H2,1-5H3. The quantitative estimate of drug-likeness (QED) is 0.701. The van der Waals surface area contributed by atoms with E-state index in [9.17, 15) is 4.79 Å². The van der Waals surface area contributed by atoms with Gasteiger partial charge < -0.3 is 15.0 Å². The number of nitrogens with one attached hydrogen (secondary N) is 1. The molecule has 0 aromatic heterocycles. The Labute approximate surface area is 123 Å². The number of hydrogen-bond acceptors (Lipinski definition) is 5. The minimum Gasteiger partial charge on any atom is -0.468 e. The number of methoxy groups -OCH3 is 1. The van der Waals surface area contributed by atoms with Crippen molar-refractivity contribution in [2.75, 3.05) is 46.4 Å². The van der Waals surface area contributed by atoms with E-state index in [1.54, 1.807) is 0 Å². The molecule has 20 heavy (non-hydrogen) atoms. The third-order valence-electron chi connectivity index (χ3n) is 3.55. The number of nitrogens with zero attached hydrogens (tertiary/aromatic N) is 2. The largest absolute Gasteiger partial charge is 0.468 e. The van der Waals surface area contributed by atoms with Crippen LogP contribution in [0.25, 0.3) is 0 Å². The molecule has 0 spiro atoms. The highest BCUT2D eigenvalue weighted by atomic mass is 16.5. The number of esters is 1. The fourth-order valence-electron chi connectivity index (χ4n) is 2.67. The number of piperazine rings is 1. The molecule has 5 nitrogen and oxygen atoms in total. The zero-order chi connectivity index (χ0) is 15.1. The van der Waals surface area contributed by atoms with Crippen molar-refractivity contribution in [3.05, 3.63) is 0 Å². The van der Waals surface area contributed by atoms with E-state index in [1.807, 2.05) is 0 Å². The van der Waals surface area contributed by atoms with Crippen LogP contribution in [0.4, 0.5) is 0 Å². The number of carbonyl (C=O) groups excluding carboxylic acids is 1. The zero-order valence-electron chi connectivity index (χ0n) is 13.7. The van der Waals surface area contributed by atoms with Crippen LogP contribution in [-0.2, 0) is 9.53 Å². The molecule has 0 radical (unpaired) electrons. The molecular weight excluding hydrogens is 254 g/mol. The van der Waals surface area contributed by atoms with Crippen molar-refractivity contribution < 1.29 is 9.53 Å². The summed E-state index contributed by atoms with van der Waals surface area (Å²) in [5.74, 6) is 0.551. The second kappa shape index (κ2) is 8.60. The molecule has 5 heteroatoms. The van der Waals surface area contributed by atoms with Gasteiger partial charge in [-0.25, -0.2) is 0 Å². The SMILES string of the molecule is COC(=O)C(CN1CCN(CC(C)C)CC1)NC(C)C. The van der Waals surface area contributed by atoms with E-state index in [2.05, 4.69) is 42.8 Å². The van der Waals surface area contributed by atoms with E-state index in [-0.39, 0.29) is 18.1 Å². The average molecular weight is 285 g/mol. The zero-order valence-corrected chi connectivity index (χ0v) is 13.7. The summed E-state index contributed by atoms with van der Waals surface area (Å²) in [5, 5.41) is 3.29. The van der Waals surface area contributed by atoms with Crippen LogP contribution >= 0.6 is 0 Å². The number of ether oxygens (including phenoxy) is 1. The molecule has 0 aliphatic carbocycles. The van der Waals surface area contributed by atoms with Gasteiger partial charge in [0.1, 0.15) is 6.04 Å². The van der Waals surface area contributed by atoms with Gasteiger partial charge >= 0.3 is 5.97 Å². The van der Waals surface area contributed by atoms with Gasteiger partial charge in [-0.1, -0.05) is 27.7 Å². The molecule has 1 atom stereocenters. The minimum atomic E-state index is -0.225. The summed E-state index contributed by atoms with van der Waals surface area (Å²) < 4.78 is 4.89. The summed E-state index contributed by atoms with van der Waals surface area (Å²) in [7, 11) is 1.46. The lowest BCUT2D eigenvalue weighted by molar-refractivity contribution is -0.144. The molecule has 1 unspecified atom stereocenters. The molecule has 1 rings (SSSR count). The van der Waals surface area contributed by atoms with E-state index in [1.165, 1.54) is 13.7 Å². The van der Waals surface area contributed by atoms with Crippen LogP contribution in [0.15, 0.2) is 0 Å². The molecule has 1 aliphatic rings. The van der Waals surface area contributed by atoms with Crippen molar-refractivity contribution in [2.45, 2.75) is 39.8 Å². The Morgan fingerprint density at radius 3 is 1.95 bits per heavy atom. The number of hydrogen-bond donors (Lipinski definition) is 1. The van der Waals surface area contributed by atoms with E-state index < -0.39 is 0 Å². The fraction of sp³-hybridized carbons (Fsp3) is 0.933. The van der Waals surface area contributed by atoms with Crippen LogP contribution in [0.2, 0.25) is 0 Å². The number of rotatable bonds is 7. The van der Waals surface area contributed by atoms with Crippen LogP contribution in [-0.4, -0.2) is 74.2 Å². The number of carbonyl (C=O) groups is 1. The van der Waals surface area contributed by atoms with Gasteiger partial charge in [-0.15, -0.1) is 0 Å². The van der Waals surface area contributed by atoms with Crippen LogP contribution in [0.3, 0.4) is 0 Å². The highest BCUT2D eigenvalue weighted by molar-refractivity contribution is 5.76. The van der Waals surface area contributed by atoms with E-state index >= 15 is 0 Å². The Kier molecular flexibility index (Phi) is 7.48. The fourth-order valence-corrected chi connectivity index (χ4v) is 2.67. The molecule has 118 valence electrons. The first-order chi connectivity index (χ1) is 9.42. The van der Waals surface area contributed by atoms with Gasteiger partial charge in [-0.3, -0.25) is 9.69 Å². The molecular formula is C15H31N3O2. The maximum absolute atomic E-state index is 11.8. The van der Waals surface area contributed by atoms with Crippen molar-refractivity contribution in [2.24, 2.45) is 5.92 Å². The normalized spacial score (nSPS) is 19.6. The molecule has 0 bridgehead atoms. The van der Waals surface area contributed by atoms with Crippen molar-refractivity contribution in [1.29, 1.82) is 0 Å². The van der Waals surface area contributed by atoms with Gasteiger partial charge in [0.05, 0.1) is 7.11 Å². The van der Waals surface area contributed by atoms with Crippen molar-refractivity contribution in [3.63, 3.8) is 0 Å². The average Bonchev–Trinajstić information content (AvgIpc) is 2.38. The third kappa shape index (κ3) is 6.20. The second-order valence-corrected chi connectivity index (χ2v) is 6.39. The lowest BCUT2D eigenvalue weighted by atomic mass is 10.1. The van der Waals surface area contributed by atoms with Crippen molar-refractivity contribution >= 4 is 5.97 Å². The Balaban J connectivity index is 2.41.